The van der Waals surface area contributed by atoms with Crippen LogP contribution in [-0.2, 0) is 6.54 Å². The highest BCUT2D eigenvalue weighted by molar-refractivity contribution is 6.59. The van der Waals surface area contributed by atoms with E-state index < -0.39 is 7.12 Å². The fourth-order valence-electron chi connectivity index (χ4n) is 3.26. The largest absolute Gasteiger partial charge is 0.497 e. The fourth-order valence-corrected chi connectivity index (χ4v) is 3.26. The van der Waals surface area contributed by atoms with Crippen molar-refractivity contribution in [3.63, 3.8) is 0 Å². The molecule has 0 unspecified atom stereocenters. The van der Waals surface area contributed by atoms with Gasteiger partial charge >= 0.3 is 7.12 Å². The Bertz CT molecular complexity index is 447. The number of rotatable bonds is 6. The van der Waals surface area contributed by atoms with Crippen molar-refractivity contribution >= 4 is 12.6 Å². The molecule has 1 aromatic carbocycles. The summed E-state index contributed by atoms with van der Waals surface area (Å²) in [5.41, 5.74) is 1.54. The topological polar surface area (TPSA) is 52.9 Å². The zero-order chi connectivity index (χ0) is 15.2. The summed E-state index contributed by atoms with van der Waals surface area (Å²) in [6, 6.07) is 6.33. The van der Waals surface area contributed by atoms with Crippen LogP contribution in [-0.4, -0.2) is 41.8 Å². The quantitative estimate of drug-likeness (QED) is 0.781. The number of benzene rings is 1. The SMILES string of the molecule is CCN(Cc1ccc(OC)c(B(O)O)c1)C1CCCCC1. The summed E-state index contributed by atoms with van der Waals surface area (Å²) in [5, 5.41) is 18.9. The normalized spacial score (nSPS) is 16.2. The van der Waals surface area contributed by atoms with Crippen LogP contribution in [0.1, 0.15) is 44.6 Å². The summed E-state index contributed by atoms with van der Waals surface area (Å²) >= 11 is 0. The molecule has 0 radical (unpaired) electrons. The minimum Gasteiger partial charge on any atom is -0.497 e. The average molecular weight is 291 g/mol. The fraction of sp³-hybridized carbons (Fsp3) is 0.625. The molecule has 1 aliphatic carbocycles. The van der Waals surface area contributed by atoms with Gasteiger partial charge in [-0.25, -0.2) is 0 Å². The zero-order valence-electron chi connectivity index (χ0n) is 13.1. The Morgan fingerprint density at radius 1 is 1.24 bits per heavy atom. The third kappa shape index (κ3) is 4.22. The van der Waals surface area contributed by atoms with E-state index in [-0.39, 0.29) is 0 Å². The van der Waals surface area contributed by atoms with Gasteiger partial charge in [0.1, 0.15) is 5.75 Å². The Morgan fingerprint density at radius 3 is 2.52 bits per heavy atom. The van der Waals surface area contributed by atoms with E-state index in [1.165, 1.54) is 32.1 Å². The minimum atomic E-state index is -1.50. The molecule has 0 saturated heterocycles. The molecule has 0 heterocycles. The highest BCUT2D eigenvalue weighted by Gasteiger charge is 2.22. The van der Waals surface area contributed by atoms with Crippen molar-refractivity contribution in [2.45, 2.75) is 51.6 Å². The van der Waals surface area contributed by atoms with Crippen molar-refractivity contribution in [1.29, 1.82) is 0 Å². The van der Waals surface area contributed by atoms with Gasteiger partial charge in [0.2, 0.25) is 0 Å². The molecule has 2 rings (SSSR count). The number of ether oxygens (including phenoxy) is 1. The third-order valence-electron chi connectivity index (χ3n) is 4.46. The van der Waals surface area contributed by atoms with Crippen molar-refractivity contribution in [1.82, 2.24) is 4.90 Å². The second-order valence-corrected chi connectivity index (χ2v) is 5.80. The lowest BCUT2D eigenvalue weighted by Crippen LogP contribution is -2.37. The van der Waals surface area contributed by atoms with E-state index in [0.29, 0.717) is 17.3 Å². The molecule has 1 aromatic rings. The van der Waals surface area contributed by atoms with Crippen molar-refractivity contribution in [2.75, 3.05) is 13.7 Å². The van der Waals surface area contributed by atoms with Crippen LogP contribution in [0.15, 0.2) is 18.2 Å². The zero-order valence-corrected chi connectivity index (χ0v) is 13.1. The maximum atomic E-state index is 9.46. The van der Waals surface area contributed by atoms with Crippen LogP contribution in [0, 0.1) is 0 Å². The van der Waals surface area contributed by atoms with Crippen LogP contribution in [0.5, 0.6) is 5.75 Å². The van der Waals surface area contributed by atoms with Gasteiger partial charge in [-0.05, 0) is 31.0 Å². The molecule has 116 valence electrons. The van der Waals surface area contributed by atoms with E-state index in [9.17, 15) is 10.0 Å². The Balaban J connectivity index is 2.11. The molecule has 0 amide bonds. The smallest absolute Gasteiger partial charge is 0.492 e. The number of hydrogen-bond acceptors (Lipinski definition) is 4. The molecule has 0 spiro atoms. The monoisotopic (exact) mass is 291 g/mol. The summed E-state index contributed by atoms with van der Waals surface area (Å²) in [5.74, 6) is 0.523. The molecule has 5 heteroatoms. The lowest BCUT2D eigenvalue weighted by molar-refractivity contribution is 0.156. The molecule has 1 saturated carbocycles. The molecule has 2 N–H and O–H groups in total. The van der Waals surface area contributed by atoms with Crippen LogP contribution in [0.4, 0.5) is 0 Å². The van der Waals surface area contributed by atoms with Crippen molar-refractivity contribution in [3.05, 3.63) is 23.8 Å². The van der Waals surface area contributed by atoms with E-state index >= 15 is 0 Å². The van der Waals surface area contributed by atoms with Crippen molar-refractivity contribution in [2.24, 2.45) is 0 Å². The second-order valence-electron chi connectivity index (χ2n) is 5.80. The van der Waals surface area contributed by atoms with Gasteiger partial charge in [0.15, 0.2) is 0 Å². The molecule has 1 aliphatic rings. The highest BCUT2D eigenvalue weighted by Crippen LogP contribution is 2.24. The van der Waals surface area contributed by atoms with Gasteiger partial charge in [0.05, 0.1) is 7.11 Å². The van der Waals surface area contributed by atoms with Gasteiger partial charge < -0.3 is 14.8 Å². The second kappa shape index (κ2) is 7.83. The van der Waals surface area contributed by atoms with Gasteiger partial charge in [0, 0.05) is 18.0 Å². The first-order valence-electron chi connectivity index (χ1n) is 7.92. The Morgan fingerprint density at radius 2 is 1.95 bits per heavy atom. The van der Waals surface area contributed by atoms with E-state index in [4.69, 9.17) is 4.74 Å². The van der Waals surface area contributed by atoms with Crippen LogP contribution >= 0.6 is 0 Å². The molecule has 0 bridgehead atoms. The Hall–Kier alpha value is -1.04. The molecule has 0 aromatic heterocycles. The van der Waals surface area contributed by atoms with Crippen LogP contribution in [0.2, 0.25) is 0 Å². The van der Waals surface area contributed by atoms with Gasteiger partial charge in [-0.1, -0.05) is 38.3 Å². The lowest BCUT2D eigenvalue weighted by Gasteiger charge is -2.33. The summed E-state index contributed by atoms with van der Waals surface area (Å²) in [4.78, 5) is 2.49. The van der Waals surface area contributed by atoms with Crippen molar-refractivity contribution < 1.29 is 14.8 Å². The van der Waals surface area contributed by atoms with Crippen LogP contribution < -0.4 is 10.2 Å². The summed E-state index contributed by atoms with van der Waals surface area (Å²) in [7, 11) is 0.0472. The van der Waals surface area contributed by atoms with Gasteiger partial charge in [-0.2, -0.15) is 0 Å². The summed E-state index contributed by atoms with van der Waals surface area (Å²) < 4.78 is 5.18. The van der Waals surface area contributed by atoms with E-state index in [1.54, 1.807) is 7.11 Å². The number of hydrogen-bond donors (Lipinski definition) is 2. The predicted octanol–water partition coefficient (Wildman–Crippen LogP) is 1.53. The van der Waals surface area contributed by atoms with Crippen LogP contribution in [0.25, 0.3) is 0 Å². The summed E-state index contributed by atoms with van der Waals surface area (Å²) in [6.07, 6.45) is 6.56. The molecule has 1 fully saturated rings. The molecule has 0 aliphatic heterocycles. The van der Waals surface area contributed by atoms with Gasteiger partial charge in [-0.15, -0.1) is 0 Å². The van der Waals surface area contributed by atoms with E-state index in [0.717, 1.165) is 18.7 Å². The van der Waals surface area contributed by atoms with E-state index in [1.807, 2.05) is 18.2 Å². The highest BCUT2D eigenvalue weighted by atomic mass is 16.5. The molecular weight excluding hydrogens is 265 g/mol. The standard InChI is InChI=1S/C16H26BNO3/c1-3-18(14-7-5-4-6-8-14)12-13-9-10-16(21-2)15(11-13)17(19)20/h9-11,14,19-20H,3-8,12H2,1-2H3. The number of nitrogens with zero attached hydrogens (tertiary/aromatic N) is 1. The number of methoxy groups -OCH3 is 1. The lowest BCUT2D eigenvalue weighted by atomic mass is 9.78. The molecule has 0 atom stereocenters. The molecular formula is C16H26BNO3. The Kier molecular flexibility index (Phi) is 6.09. The Labute approximate surface area is 127 Å². The van der Waals surface area contributed by atoms with Crippen LogP contribution in [0.3, 0.4) is 0 Å². The molecule has 21 heavy (non-hydrogen) atoms. The average Bonchev–Trinajstić information content (AvgIpc) is 2.53. The maximum Gasteiger partial charge on any atom is 0.492 e. The predicted molar refractivity (Wildman–Crippen MR) is 85.8 cm³/mol. The molecule has 4 nitrogen and oxygen atoms in total. The minimum absolute atomic E-state index is 0.440. The van der Waals surface area contributed by atoms with Gasteiger partial charge in [-0.3, -0.25) is 4.90 Å². The first-order valence-corrected chi connectivity index (χ1v) is 7.92. The third-order valence-corrected chi connectivity index (χ3v) is 4.46. The maximum absolute atomic E-state index is 9.46. The van der Waals surface area contributed by atoms with E-state index in [2.05, 4.69) is 11.8 Å². The van der Waals surface area contributed by atoms with Gasteiger partial charge in [0.25, 0.3) is 0 Å². The first kappa shape index (κ1) is 16.3. The summed E-state index contributed by atoms with van der Waals surface area (Å²) in [6.45, 7) is 4.07. The van der Waals surface area contributed by atoms with Crippen molar-refractivity contribution in [3.8, 4) is 5.75 Å². The first-order chi connectivity index (χ1) is 10.2.